The molecule has 0 radical (unpaired) electrons. The van der Waals surface area contributed by atoms with Gasteiger partial charge < -0.3 is 0 Å². The number of fused-ring (bicyclic) bond motifs is 10. The number of hydrogen-bond acceptors (Lipinski definition) is 0. The van der Waals surface area contributed by atoms with E-state index in [1.54, 1.807) is 0 Å². The molecule has 0 saturated heterocycles. The van der Waals surface area contributed by atoms with E-state index in [-0.39, 0.29) is 10.8 Å². The molecule has 0 unspecified atom stereocenters. The van der Waals surface area contributed by atoms with Crippen LogP contribution >= 0.6 is 0 Å². The molecule has 10 aromatic carbocycles. The SMILES string of the molecule is CC1(C)c2cc(-c3ccc4c(c3)C(C)(C)c3cc5ccccc5cc3-4)ccc2-c2ccc(-c3c4ccccc4c(-c4cccc5ccccc45)c4ccccc34)cc21. The molecule has 10 aromatic rings. The highest BCUT2D eigenvalue weighted by molar-refractivity contribution is 6.23. The third-order valence-corrected chi connectivity index (χ3v) is 13.8. The molecule has 0 atom stereocenters. The molecule has 274 valence electrons. The van der Waals surface area contributed by atoms with Gasteiger partial charge in [0.15, 0.2) is 0 Å². The third kappa shape index (κ3) is 4.58. The number of hydrogen-bond donors (Lipinski definition) is 0. The van der Waals surface area contributed by atoms with Gasteiger partial charge in [0.1, 0.15) is 0 Å². The van der Waals surface area contributed by atoms with Crippen molar-refractivity contribution in [3.05, 3.63) is 204 Å². The summed E-state index contributed by atoms with van der Waals surface area (Å²) in [6.07, 6.45) is 0. The van der Waals surface area contributed by atoms with Gasteiger partial charge in [-0.05, 0) is 151 Å². The van der Waals surface area contributed by atoms with Crippen molar-refractivity contribution in [2.75, 3.05) is 0 Å². The predicted octanol–water partition coefficient (Wildman–Crippen LogP) is 15.9. The minimum Gasteiger partial charge on any atom is -0.0616 e. The van der Waals surface area contributed by atoms with Crippen LogP contribution in [0.15, 0.2) is 182 Å². The first kappa shape index (κ1) is 33.4. The van der Waals surface area contributed by atoms with Crippen LogP contribution in [-0.4, -0.2) is 0 Å². The molecule has 0 bridgehead atoms. The van der Waals surface area contributed by atoms with Crippen LogP contribution in [0.5, 0.6) is 0 Å². The molecule has 0 saturated carbocycles. The van der Waals surface area contributed by atoms with Crippen molar-refractivity contribution in [1.82, 2.24) is 0 Å². The molecule has 0 heteroatoms. The first-order valence-corrected chi connectivity index (χ1v) is 20.7. The van der Waals surface area contributed by atoms with Gasteiger partial charge in [0.05, 0.1) is 0 Å². The molecule has 12 rings (SSSR count). The second kappa shape index (κ2) is 11.9. The Morgan fingerprint density at radius 2 is 0.655 bits per heavy atom. The van der Waals surface area contributed by atoms with Gasteiger partial charge in [0.2, 0.25) is 0 Å². The molecule has 2 aliphatic rings. The molecular formula is C58H42. The van der Waals surface area contributed by atoms with E-state index < -0.39 is 0 Å². The predicted molar refractivity (Wildman–Crippen MR) is 248 cm³/mol. The maximum absolute atomic E-state index is 2.50. The Morgan fingerprint density at radius 3 is 1.22 bits per heavy atom. The topological polar surface area (TPSA) is 0 Å². The van der Waals surface area contributed by atoms with Crippen LogP contribution < -0.4 is 0 Å². The Morgan fingerprint density at radius 1 is 0.259 bits per heavy atom. The number of rotatable bonds is 3. The summed E-state index contributed by atoms with van der Waals surface area (Å²) in [5.41, 5.74) is 18.5. The summed E-state index contributed by atoms with van der Waals surface area (Å²) in [5.74, 6) is 0. The minimum absolute atomic E-state index is 0.0746. The van der Waals surface area contributed by atoms with Crippen LogP contribution in [-0.2, 0) is 10.8 Å². The van der Waals surface area contributed by atoms with Gasteiger partial charge in [-0.15, -0.1) is 0 Å². The average molecular weight is 739 g/mol. The quantitative estimate of drug-likeness (QED) is 0.158. The molecule has 58 heavy (non-hydrogen) atoms. The Bertz CT molecular complexity index is 3330. The Labute approximate surface area is 340 Å². The maximum Gasteiger partial charge on any atom is 0.0159 e. The lowest BCUT2D eigenvalue weighted by atomic mass is 9.79. The normalized spacial score (nSPS) is 14.5. The summed E-state index contributed by atoms with van der Waals surface area (Å²) < 4.78 is 0. The molecule has 2 aliphatic carbocycles. The molecular weight excluding hydrogens is 697 g/mol. The fourth-order valence-corrected chi connectivity index (χ4v) is 10.8. The van der Waals surface area contributed by atoms with Gasteiger partial charge >= 0.3 is 0 Å². The zero-order chi connectivity index (χ0) is 38.9. The molecule has 0 aromatic heterocycles. The van der Waals surface area contributed by atoms with E-state index in [4.69, 9.17) is 0 Å². The Hall–Kier alpha value is -6.76. The summed E-state index contributed by atoms with van der Waals surface area (Å²) in [5, 5.41) is 10.3. The van der Waals surface area contributed by atoms with Gasteiger partial charge in [-0.3, -0.25) is 0 Å². The lowest BCUT2D eigenvalue weighted by Crippen LogP contribution is -2.15. The molecule has 0 fully saturated rings. The fraction of sp³-hybridized carbons (Fsp3) is 0.103. The first-order chi connectivity index (χ1) is 28.3. The summed E-state index contributed by atoms with van der Waals surface area (Å²) in [7, 11) is 0. The minimum atomic E-state index is -0.169. The van der Waals surface area contributed by atoms with E-state index in [1.165, 1.54) is 121 Å². The van der Waals surface area contributed by atoms with Crippen LogP contribution in [0.3, 0.4) is 0 Å². The van der Waals surface area contributed by atoms with Crippen LogP contribution in [0.2, 0.25) is 0 Å². The van der Waals surface area contributed by atoms with Crippen molar-refractivity contribution in [2.45, 2.75) is 38.5 Å². The van der Waals surface area contributed by atoms with Gasteiger partial charge in [-0.1, -0.05) is 179 Å². The lowest BCUT2D eigenvalue weighted by Gasteiger charge is -2.24. The average Bonchev–Trinajstić information content (AvgIpc) is 3.62. The molecule has 0 aliphatic heterocycles. The van der Waals surface area contributed by atoms with Crippen LogP contribution in [0.1, 0.15) is 49.9 Å². The van der Waals surface area contributed by atoms with Crippen molar-refractivity contribution < 1.29 is 0 Å². The Balaban J connectivity index is 0.980. The summed E-state index contributed by atoms with van der Waals surface area (Å²) >= 11 is 0. The van der Waals surface area contributed by atoms with Crippen LogP contribution in [0, 0.1) is 0 Å². The highest BCUT2D eigenvalue weighted by Gasteiger charge is 2.38. The van der Waals surface area contributed by atoms with E-state index in [0.717, 1.165) is 0 Å². The first-order valence-electron chi connectivity index (χ1n) is 20.7. The molecule has 0 spiro atoms. The monoisotopic (exact) mass is 738 g/mol. The highest BCUT2D eigenvalue weighted by Crippen LogP contribution is 2.54. The Kier molecular flexibility index (Phi) is 6.84. The van der Waals surface area contributed by atoms with Crippen molar-refractivity contribution in [3.8, 4) is 55.6 Å². The zero-order valence-corrected chi connectivity index (χ0v) is 33.3. The van der Waals surface area contributed by atoms with E-state index >= 15 is 0 Å². The third-order valence-electron chi connectivity index (χ3n) is 13.8. The second-order valence-corrected chi connectivity index (χ2v) is 17.6. The van der Waals surface area contributed by atoms with Crippen molar-refractivity contribution >= 4 is 43.1 Å². The van der Waals surface area contributed by atoms with Gasteiger partial charge in [0, 0.05) is 10.8 Å². The summed E-state index contributed by atoms with van der Waals surface area (Å²) in [6.45, 7) is 9.61. The summed E-state index contributed by atoms with van der Waals surface area (Å²) in [6, 6.07) is 68.7. The largest absolute Gasteiger partial charge is 0.0616 e. The lowest BCUT2D eigenvalue weighted by molar-refractivity contribution is 0.660. The maximum atomic E-state index is 2.50. The standard InChI is InChI=1S/C58H42/c1-57(2)51-32-38(39-25-28-44-50-30-36-15-5-6-16-37(36)31-54(50)58(3,4)52(44)33-39)24-27-42(51)43-29-26-40(34-53(43)57)55-46-19-9-11-21-48(46)56(49-22-12-10-20-47(49)55)45-23-13-17-35-14-7-8-18-41(35)45/h5-34H,1-4H3. The van der Waals surface area contributed by atoms with Gasteiger partial charge in [-0.2, -0.15) is 0 Å². The molecule has 0 nitrogen and oxygen atoms in total. The van der Waals surface area contributed by atoms with Crippen LogP contribution in [0.4, 0.5) is 0 Å². The molecule has 0 heterocycles. The summed E-state index contributed by atoms with van der Waals surface area (Å²) in [4.78, 5) is 0. The van der Waals surface area contributed by atoms with Gasteiger partial charge in [-0.25, -0.2) is 0 Å². The van der Waals surface area contributed by atoms with Crippen molar-refractivity contribution in [2.24, 2.45) is 0 Å². The zero-order valence-electron chi connectivity index (χ0n) is 33.3. The fourth-order valence-electron chi connectivity index (χ4n) is 10.8. The van der Waals surface area contributed by atoms with E-state index in [2.05, 4.69) is 210 Å². The number of benzene rings is 10. The van der Waals surface area contributed by atoms with Gasteiger partial charge in [0.25, 0.3) is 0 Å². The van der Waals surface area contributed by atoms with E-state index in [1.807, 2.05) is 0 Å². The second-order valence-electron chi connectivity index (χ2n) is 17.6. The smallest absolute Gasteiger partial charge is 0.0159 e. The van der Waals surface area contributed by atoms with E-state index in [0.29, 0.717) is 0 Å². The molecule has 0 amide bonds. The van der Waals surface area contributed by atoms with Crippen LogP contribution in [0.25, 0.3) is 98.7 Å². The molecule has 0 N–H and O–H groups in total. The highest BCUT2D eigenvalue weighted by atomic mass is 14.4. The van der Waals surface area contributed by atoms with Crippen molar-refractivity contribution in [3.63, 3.8) is 0 Å². The van der Waals surface area contributed by atoms with E-state index in [9.17, 15) is 0 Å². The van der Waals surface area contributed by atoms with Crippen molar-refractivity contribution in [1.29, 1.82) is 0 Å².